The summed E-state index contributed by atoms with van der Waals surface area (Å²) >= 11 is 0. The molecule has 0 atom stereocenters. The Morgan fingerprint density at radius 3 is 2.00 bits per heavy atom. The van der Waals surface area contributed by atoms with Crippen LogP contribution < -0.4 is 42.8 Å². The summed E-state index contributed by atoms with van der Waals surface area (Å²) in [6, 6.07) is 0. The zero-order valence-electron chi connectivity index (χ0n) is 10.0. The van der Waals surface area contributed by atoms with Crippen molar-refractivity contribution in [2.45, 2.75) is 26.6 Å². The third-order valence-electron chi connectivity index (χ3n) is 1.35. The second kappa shape index (κ2) is 8.61. The summed E-state index contributed by atoms with van der Waals surface area (Å²) in [6.45, 7) is 8.07. The molecule has 68 valence electrons. The van der Waals surface area contributed by atoms with Gasteiger partial charge in [0.05, 0.1) is 0 Å². The Labute approximate surface area is 112 Å². The molecule has 0 spiro atoms. The zero-order chi connectivity index (χ0) is 9.78. The monoisotopic (exact) mass is 196 g/mol. The molecule has 5 heteroatoms. The molecule has 0 heterocycles. The van der Waals surface area contributed by atoms with E-state index in [9.17, 15) is 5.11 Å². The molecule has 0 unspecified atom stereocenters. The van der Waals surface area contributed by atoms with E-state index in [1.165, 1.54) is 0 Å². The van der Waals surface area contributed by atoms with Crippen LogP contribution in [0.1, 0.15) is 6.92 Å². The van der Waals surface area contributed by atoms with Gasteiger partial charge in [0.1, 0.15) is 0 Å². The van der Waals surface area contributed by atoms with Crippen LogP contribution in [0.2, 0.25) is 19.6 Å². The summed E-state index contributed by atoms with van der Waals surface area (Å²) in [5, 5.41) is 11.6. The normalized spacial score (nSPS) is 11.4. The van der Waals surface area contributed by atoms with Gasteiger partial charge in [-0.05, 0) is 20.6 Å². The standard InChI is InChI=1S/C9H15O2Si.2Li/c1-6-8(12(3,4)5)9(10)11-7-2;;/h10H,7H2,2-5H3;;/q-1;2*+1/p-1/b9-8+;;. The van der Waals surface area contributed by atoms with Gasteiger partial charge in [0.2, 0.25) is 0 Å². The largest absolute Gasteiger partial charge is 1.00 e. The summed E-state index contributed by atoms with van der Waals surface area (Å²) in [4.78, 5) is 0. The molecule has 0 amide bonds. The minimum atomic E-state index is -1.74. The molecule has 0 aliphatic heterocycles. The maximum atomic E-state index is 11.2. The molecule has 0 radical (unpaired) electrons. The SMILES string of the molecule is [C-]#C/C(=C(/[O-])OCC)[Si](C)(C)C.[Li+].[Li+]. The van der Waals surface area contributed by atoms with Crippen LogP contribution in [-0.2, 0) is 4.74 Å². The summed E-state index contributed by atoms with van der Waals surface area (Å²) in [6.07, 6.45) is 6.97. The fourth-order valence-corrected chi connectivity index (χ4v) is 1.81. The smallest absolute Gasteiger partial charge is 0.628 e. The van der Waals surface area contributed by atoms with Gasteiger partial charge in [-0.25, -0.2) is 0 Å². The Kier molecular flexibility index (Phi) is 12.2. The molecule has 0 bridgehead atoms. The fraction of sp³-hybridized carbons (Fsp3) is 0.556. The molecule has 0 fully saturated rings. The van der Waals surface area contributed by atoms with Crippen molar-refractivity contribution in [1.82, 2.24) is 0 Å². The summed E-state index contributed by atoms with van der Waals surface area (Å²) in [7, 11) is -1.74. The maximum Gasteiger partial charge on any atom is 1.00 e. The molecule has 0 saturated heterocycles. The molecule has 0 N–H and O–H groups in total. The van der Waals surface area contributed by atoms with Crippen LogP contribution >= 0.6 is 0 Å². The third-order valence-corrected chi connectivity index (χ3v) is 3.18. The average molecular weight is 196 g/mol. The van der Waals surface area contributed by atoms with E-state index in [0.29, 0.717) is 11.8 Å². The Morgan fingerprint density at radius 2 is 1.79 bits per heavy atom. The van der Waals surface area contributed by atoms with E-state index in [0.717, 1.165) is 0 Å². The third kappa shape index (κ3) is 6.72. The van der Waals surface area contributed by atoms with Crippen molar-refractivity contribution in [2.75, 3.05) is 6.61 Å². The number of rotatable bonds is 3. The quantitative estimate of drug-likeness (QED) is 0.196. The van der Waals surface area contributed by atoms with Gasteiger partial charge in [-0.2, -0.15) is 0 Å². The van der Waals surface area contributed by atoms with Crippen molar-refractivity contribution >= 4 is 8.07 Å². The van der Waals surface area contributed by atoms with E-state index < -0.39 is 8.07 Å². The van der Waals surface area contributed by atoms with Gasteiger partial charge in [-0.15, -0.1) is 5.20 Å². The molecular weight excluding hydrogens is 182 g/mol. The van der Waals surface area contributed by atoms with Crippen molar-refractivity contribution in [3.63, 3.8) is 0 Å². The predicted molar refractivity (Wildman–Crippen MR) is 49.1 cm³/mol. The summed E-state index contributed by atoms with van der Waals surface area (Å²) in [5.74, 6) is 1.80. The topological polar surface area (TPSA) is 32.3 Å². The molecule has 0 aromatic rings. The van der Waals surface area contributed by atoms with Crippen molar-refractivity contribution in [2.24, 2.45) is 0 Å². The Morgan fingerprint density at radius 1 is 1.36 bits per heavy atom. The summed E-state index contributed by atoms with van der Waals surface area (Å²) in [5.41, 5.74) is 0. The molecule has 0 saturated carbocycles. The maximum absolute atomic E-state index is 11.2. The van der Waals surface area contributed by atoms with Crippen LogP contribution in [0.5, 0.6) is 0 Å². The van der Waals surface area contributed by atoms with Crippen molar-refractivity contribution < 1.29 is 47.6 Å². The van der Waals surface area contributed by atoms with Gasteiger partial charge >= 0.3 is 37.7 Å². The van der Waals surface area contributed by atoms with Crippen LogP contribution in [-0.4, -0.2) is 14.7 Å². The molecule has 0 aromatic carbocycles. The zero-order valence-corrected chi connectivity index (χ0v) is 11.0. The van der Waals surface area contributed by atoms with Crippen molar-refractivity contribution in [3.05, 3.63) is 17.6 Å². The van der Waals surface area contributed by atoms with E-state index in [1.807, 2.05) is 19.6 Å². The van der Waals surface area contributed by atoms with Crippen molar-refractivity contribution in [3.8, 4) is 5.92 Å². The van der Waals surface area contributed by atoms with Crippen LogP contribution in [0.3, 0.4) is 0 Å². The molecule has 0 rings (SSSR count). The number of allylic oxidation sites excluding steroid dienone is 1. The molecule has 0 aliphatic carbocycles. The average Bonchev–Trinajstić information content (AvgIpc) is 1.85. The Hall–Kier alpha value is 0.312. The number of ether oxygens (including phenoxy) is 1. The van der Waals surface area contributed by atoms with Crippen LogP contribution in [0.4, 0.5) is 0 Å². The van der Waals surface area contributed by atoms with E-state index in [-0.39, 0.29) is 43.7 Å². The Bertz CT molecular complexity index is 226. The van der Waals surface area contributed by atoms with E-state index in [2.05, 4.69) is 5.92 Å². The van der Waals surface area contributed by atoms with Crippen LogP contribution in [0, 0.1) is 12.3 Å². The Balaban J connectivity index is -0.000000605. The van der Waals surface area contributed by atoms with Gasteiger partial charge in [0, 0.05) is 0 Å². The van der Waals surface area contributed by atoms with Crippen LogP contribution in [0.15, 0.2) is 11.1 Å². The predicted octanol–water partition coefficient (Wildman–Crippen LogP) is -4.93. The second-order valence-electron chi connectivity index (χ2n) is 3.47. The van der Waals surface area contributed by atoms with Gasteiger partial charge in [-0.3, -0.25) is 5.92 Å². The van der Waals surface area contributed by atoms with Crippen LogP contribution in [0.25, 0.3) is 0 Å². The molecule has 2 nitrogen and oxygen atoms in total. The first-order chi connectivity index (χ1) is 5.43. The van der Waals surface area contributed by atoms with Crippen molar-refractivity contribution in [1.29, 1.82) is 0 Å². The van der Waals surface area contributed by atoms with E-state index in [4.69, 9.17) is 11.2 Å². The van der Waals surface area contributed by atoms with E-state index in [1.54, 1.807) is 6.92 Å². The molecule has 14 heavy (non-hydrogen) atoms. The minimum Gasteiger partial charge on any atom is -0.628 e. The molecule has 0 aliphatic rings. The first-order valence-corrected chi connectivity index (χ1v) is 7.40. The number of hydrogen-bond donors (Lipinski definition) is 0. The first kappa shape index (κ1) is 19.8. The van der Waals surface area contributed by atoms with Gasteiger partial charge in [0.25, 0.3) is 0 Å². The number of hydrogen-bond acceptors (Lipinski definition) is 2. The minimum absolute atomic E-state index is 0. The fourth-order valence-electron chi connectivity index (χ4n) is 0.748. The molecular formula is C9H14Li2O2Si. The van der Waals surface area contributed by atoms with Gasteiger partial charge in [0.15, 0.2) is 0 Å². The van der Waals surface area contributed by atoms with E-state index >= 15 is 0 Å². The second-order valence-corrected chi connectivity index (χ2v) is 8.47. The first-order valence-electron chi connectivity index (χ1n) is 3.90. The molecule has 0 aromatic heterocycles. The van der Waals surface area contributed by atoms with Gasteiger partial charge < -0.3 is 16.3 Å². The van der Waals surface area contributed by atoms with Gasteiger partial charge in [-0.1, -0.05) is 26.6 Å². The summed E-state index contributed by atoms with van der Waals surface area (Å²) < 4.78 is 4.80.